The maximum atomic E-state index is 13.3. The first-order valence-electron chi connectivity index (χ1n) is 10.6. The van der Waals surface area contributed by atoms with Gasteiger partial charge in [0.2, 0.25) is 10.1 Å². The number of carbonyl (C=O) groups is 1. The highest BCUT2D eigenvalue weighted by Gasteiger charge is 2.20. The minimum atomic E-state index is -0.483. The average Bonchev–Trinajstić information content (AvgIpc) is 3.31. The lowest BCUT2D eigenvalue weighted by Crippen LogP contribution is -2.16. The third-order valence-corrected chi connectivity index (χ3v) is 6.17. The molecule has 4 heterocycles. The van der Waals surface area contributed by atoms with Gasteiger partial charge in [0.05, 0.1) is 30.0 Å². The second-order valence-electron chi connectivity index (χ2n) is 7.67. The molecular formula is C25H17N7O3S. The maximum absolute atomic E-state index is 13.3. The lowest BCUT2D eigenvalue weighted by atomic mass is 9.97. The number of rotatable bonds is 5. The van der Waals surface area contributed by atoms with Crippen molar-refractivity contribution in [2.45, 2.75) is 6.92 Å². The van der Waals surface area contributed by atoms with Crippen LogP contribution in [0.15, 0.2) is 65.8 Å². The van der Waals surface area contributed by atoms with E-state index in [1.165, 1.54) is 19.4 Å². The molecule has 0 aliphatic rings. The van der Waals surface area contributed by atoms with Crippen LogP contribution in [-0.4, -0.2) is 37.6 Å². The van der Waals surface area contributed by atoms with Crippen LogP contribution < -0.4 is 15.6 Å². The Morgan fingerprint density at radius 2 is 1.94 bits per heavy atom. The second kappa shape index (κ2) is 9.36. The summed E-state index contributed by atoms with van der Waals surface area (Å²) in [6.07, 6.45) is 4.69. The molecule has 0 bridgehead atoms. The van der Waals surface area contributed by atoms with E-state index in [-0.39, 0.29) is 16.3 Å². The number of nitrogens with one attached hydrogen (secondary N) is 1. The lowest BCUT2D eigenvalue weighted by Gasteiger charge is -2.13. The van der Waals surface area contributed by atoms with E-state index in [0.717, 1.165) is 21.4 Å². The van der Waals surface area contributed by atoms with Crippen LogP contribution in [0, 0.1) is 18.3 Å². The van der Waals surface area contributed by atoms with E-state index in [2.05, 4.69) is 31.4 Å². The Morgan fingerprint density at radius 3 is 2.69 bits per heavy atom. The van der Waals surface area contributed by atoms with Gasteiger partial charge in [-0.1, -0.05) is 11.3 Å². The summed E-state index contributed by atoms with van der Waals surface area (Å²) in [5.41, 5.74) is 3.34. The molecule has 0 atom stereocenters. The molecule has 0 unspecified atom stereocenters. The molecule has 11 heteroatoms. The Morgan fingerprint density at radius 1 is 1.14 bits per heavy atom. The van der Waals surface area contributed by atoms with Crippen molar-refractivity contribution in [1.82, 2.24) is 24.6 Å². The van der Waals surface area contributed by atoms with Crippen molar-refractivity contribution >= 4 is 27.3 Å². The van der Waals surface area contributed by atoms with Crippen LogP contribution in [0.2, 0.25) is 0 Å². The second-order valence-corrected chi connectivity index (χ2v) is 8.63. The predicted molar refractivity (Wildman–Crippen MR) is 134 cm³/mol. The molecule has 1 N–H and O–H groups in total. The molecule has 0 spiro atoms. The fraction of sp³-hybridized carbons (Fsp3) is 0.0800. The number of hydrogen-bond donors (Lipinski definition) is 1. The predicted octanol–water partition coefficient (Wildman–Crippen LogP) is 3.72. The van der Waals surface area contributed by atoms with Gasteiger partial charge in [-0.15, -0.1) is 5.10 Å². The number of amides is 1. The molecule has 1 amide bonds. The van der Waals surface area contributed by atoms with Gasteiger partial charge in [-0.25, -0.2) is 4.98 Å². The quantitative estimate of drug-likeness (QED) is 0.390. The average molecular weight is 496 g/mol. The van der Waals surface area contributed by atoms with Crippen molar-refractivity contribution in [3.8, 4) is 34.2 Å². The highest BCUT2D eigenvalue weighted by atomic mass is 32.1. The normalized spacial score (nSPS) is 10.7. The van der Waals surface area contributed by atoms with Crippen LogP contribution in [0.5, 0.6) is 5.75 Å². The highest BCUT2D eigenvalue weighted by molar-refractivity contribution is 7.20. The molecule has 0 saturated heterocycles. The van der Waals surface area contributed by atoms with Gasteiger partial charge in [0.25, 0.3) is 11.5 Å². The van der Waals surface area contributed by atoms with E-state index in [4.69, 9.17) is 4.74 Å². The molecule has 0 aliphatic carbocycles. The molecule has 1 aromatic carbocycles. The summed E-state index contributed by atoms with van der Waals surface area (Å²) in [6.45, 7) is 1.80. The Hall–Kier alpha value is -4.95. The zero-order chi connectivity index (χ0) is 25.2. The summed E-state index contributed by atoms with van der Waals surface area (Å²) >= 11 is 1.07. The number of aryl methyl sites for hydroxylation is 1. The minimum Gasteiger partial charge on any atom is -0.496 e. The van der Waals surface area contributed by atoms with Crippen LogP contribution in [0.3, 0.4) is 0 Å². The van der Waals surface area contributed by atoms with Crippen LogP contribution >= 0.6 is 11.3 Å². The van der Waals surface area contributed by atoms with E-state index in [1.54, 1.807) is 55.7 Å². The Balaban J connectivity index is 1.53. The third kappa shape index (κ3) is 4.28. The largest absolute Gasteiger partial charge is 0.496 e. The van der Waals surface area contributed by atoms with Gasteiger partial charge in [-0.05, 0) is 43.3 Å². The molecule has 36 heavy (non-hydrogen) atoms. The minimum absolute atomic E-state index is 0.195. The summed E-state index contributed by atoms with van der Waals surface area (Å²) in [6, 6.07) is 13.7. The summed E-state index contributed by atoms with van der Waals surface area (Å²) in [4.78, 5) is 39.0. The smallest absolute Gasteiger partial charge is 0.275 e. The number of nitrogens with zero attached hydrogens (tertiary/aromatic N) is 6. The molecular weight excluding hydrogens is 478 g/mol. The van der Waals surface area contributed by atoms with Crippen molar-refractivity contribution in [1.29, 1.82) is 5.26 Å². The summed E-state index contributed by atoms with van der Waals surface area (Å²) < 4.78 is 6.61. The standard InChI is InChI=1S/C25H17N7O3S/c1-14-9-17(18-10-15(12-26)3-4-21(18)35-2)19(13-28-14)23(34)30-24-31-32-22(33)11-20(29-25(32)36-24)16-5-7-27-8-6-16/h3-11,13H,1-2H3,(H,30,31,34). The van der Waals surface area contributed by atoms with Crippen LogP contribution in [0.25, 0.3) is 27.3 Å². The van der Waals surface area contributed by atoms with Crippen molar-refractivity contribution in [3.63, 3.8) is 0 Å². The SMILES string of the molecule is COc1ccc(C#N)cc1-c1cc(C)ncc1C(=O)Nc1nn2c(=O)cc(-c3ccncc3)nc2s1. The first-order chi connectivity index (χ1) is 17.5. The number of ether oxygens (including phenoxy) is 1. The number of carbonyl (C=O) groups excluding carboxylic acids is 1. The molecule has 5 aromatic rings. The molecule has 10 nitrogen and oxygen atoms in total. The monoisotopic (exact) mass is 495 g/mol. The van der Waals surface area contributed by atoms with Gasteiger partial charge < -0.3 is 4.74 Å². The molecule has 0 radical (unpaired) electrons. The number of anilines is 1. The summed E-state index contributed by atoms with van der Waals surface area (Å²) in [5, 5.41) is 16.5. The van der Waals surface area contributed by atoms with Crippen molar-refractivity contribution in [2.24, 2.45) is 0 Å². The lowest BCUT2D eigenvalue weighted by molar-refractivity contribution is 0.102. The fourth-order valence-corrected chi connectivity index (χ4v) is 4.45. The first-order valence-corrected chi connectivity index (χ1v) is 11.5. The third-order valence-electron chi connectivity index (χ3n) is 5.35. The van der Waals surface area contributed by atoms with E-state index in [0.29, 0.717) is 38.8 Å². The number of nitriles is 1. The van der Waals surface area contributed by atoms with Gasteiger partial charge >= 0.3 is 0 Å². The molecule has 5 rings (SSSR count). The number of hydrogen-bond acceptors (Lipinski definition) is 9. The van der Waals surface area contributed by atoms with Gasteiger partial charge in [-0.3, -0.25) is 24.9 Å². The number of methoxy groups -OCH3 is 1. The fourth-order valence-electron chi connectivity index (χ4n) is 3.65. The van der Waals surface area contributed by atoms with E-state index in [9.17, 15) is 14.9 Å². The van der Waals surface area contributed by atoms with Gasteiger partial charge in [0, 0.05) is 47.0 Å². The van der Waals surface area contributed by atoms with E-state index >= 15 is 0 Å². The van der Waals surface area contributed by atoms with Gasteiger partial charge in [0.1, 0.15) is 5.75 Å². The molecule has 0 aliphatic heterocycles. The molecule has 176 valence electrons. The van der Waals surface area contributed by atoms with Crippen molar-refractivity contribution < 1.29 is 9.53 Å². The van der Waals surface area contributed by atoms with Gasteiger partial charge in [-0.2, -0.15) is 9.78 Å². The maximum Gasteiger partial charge on any atom is 0.275 e. The van der Waals surface area contributed by atoms with Crippen molar-refractivity contribution in [2.75, 3.05) is 12.4 Å². The number of benzene rings is 1. The zero-order valence-electron chi connectivity index (χ0n) is 19.1. The molecule has 0 saturated carbocycles. The van der Waals surface area contributed by atoms with Crippen LogP contribution in [0.4, 0.5) is 5.13 Å². The summed E-state index contributed by atoms with van der Waals surface area (Å²) in [7, 11) is 1.52. The molecule has 0 fully saturated rings. The summed E-state index contributed by atoms with van der Waals surface area (Å²) in [5.74, 6) is 0.0245. The van der Waals surface area contributed by atoms with E-state index in [1.807, 2.05) is 0 Å². The number of pyridine rings is 2. The number of aromatic nitrogens is 5. The Labute approximate surface area is 208 Å². The molecule has 4 aromatic heterocycles. The van der Waals surface area contributed by atoms with Gasteiger partial charge in [0.15, 0.2) is 0 Å². The highest BCUT2D eigenvalue weighted by Crippen LogP contribution is 2.34. The Kier molecular flexibility index (Phi) is 5.93. The first kappa shape index (κ1) is 22.8. The zero-order valence-corrected chi connectivity index (χ0v) is 19.9. The number of fused-ring (bicyclic) bond motifs is 1. The van der Waals surface area contributed by atoms with E-state index < -0.39 is 5.91 Å². The Bertz CT molecular complexity index is 1720. The van der Waals surface area contributed by atoms with Crippen molar-refractivity contribution in [3.05, 3.63) is 88.2 Å². The van der Waals surface area contributed by atoms with Crippen LogP contribution in [0.1, 0.15) is 21.6 Å². The van der Waals surface area contributed by atoms with Crippen LogP contribution in [-0.2, 0) is 0 Å². The topological polar surface area (TPSA) is 135 Å².